The molecule has 6 nitrogen and oxygen atoms in total. The molecule has 1 atom stereocenters. The van der Waals surface area contributed by atoms with Gasteiger partial charge in [0.1, 0.15) is 6.10 Å². The first-order valence-corrected chi connectivity index (χ1v) is 4.59. The Bertz CT molecular complexity index is 253. The number of carboxylic acid groups (broad SMARTS) is 1. The molecule has 0 aliphatic rings. The van der Waals surface area contributed by atoms with E-state index >= 15 is 0 Å². The van der Waals surface area contributed by atoms with Gasteiger partial charge in [-0.2, -0.15) is 0 Å². The van der Waals surface area contributed by atoms with Crippen LogP contribution in [0.5, 0.6) is 0 Å². The summed E-state index contributed by atoms with van der Waals surface area (Å²) < 4.78 is 0. The molecule has 0 spiro atoms. The SMILES string of the molecule is CC(C)(CO)[C@@H](O)C(=O)NCCC(=O)O.[H-].[H-].[Mg+2]. The maximum Gasteiger partial charge on any atom is 2.00 e. The van der Waals surface area contributed by atoms with Crippen LogP contribution in [-0.2, 0) is 9.59 Å². The van der Waals surface area contributed by atoms with Crippen LogP contribution >= 0.6 is 0 Å². The van der Waals surface area contributed by atoms with Gasteiger partial charge in [-0.3, -0.25) is 9.59 Å². The van der Waals surface area contributed by atoms with Gasteiger partial charge in [0, 0.05) is 12.0 Å². The van der Waals surface area contributed by atoms with Crippen LogP contribution in [0.15, 0.2) is 0 Å². The van der Waals surface area contributed by atoms with Gasteiger partial charge in [-0.1, -0.05) is 13.8 Å². The molecule has 92 valence electrons. The summed E-state index contributed by atoms with van der Waals surface area (Å²) in [7, 11) is 0. The largest absolute Gasteiger partial charge is 2.00 e. The van der Waals surface area contributed by atoms with Crippen LogP contribution in [0.1, 0.15) is 23.1 Å². The van der Waals surface area contributed by atoms with Crippen molar-refractivity contribution in [3.8, 4) is 0 Å². The van der Waals surface area contributed by atoms with E-state index in [1.165, 1.54) is 13.8 Å². The molecule has 0 aliphatic heterocycles. The summed E-state index contributed by atoms with van der Waals surface area (Å²) >= 11 is 0. The molecule has 1 amide bonds. The fraction of sp³-hybridized carbons (Fsp3) is 0.778. The second-order valence-electron chi connectivity index (χ2n) is 3.98. The number of aliphatic hydroxyl groups is 2. The van der Waals surface area contributed by atoms with Crippen molar-refractivity contribution in [2.24, 2.45) is 5.41 Å². The Balaban J connectivity index is -0.000000327. The first-order chi connectivity index (χ1) is 6.81. The molecule has 0 bridgehead atoms. The number of aliphatic hydroxyl groups excluding tert-OH is 2. The molecule has 7 heteroatoms. The van der Waals surface area contributed by atoms with E-state index in [9.17, 15) is 14.7 Å². The third-order valence-electron chi connectivity index (χ3n) is 2.03. The number of nitrogens with one attached hydrogen (secondary N) is 1. The van der Waals surface area contributed by atoms with Gasteiger partial charge in [-0.05, 0) is 0 Å². The van der Waals surface area contributed by atoms with E-state index in [-0.39, 0.29) is 45.5 Å². The van der Waals surface area contributed by atoms with Gasteiger partial charge < -0.3 is 23.5 Å². The standard InChI is InChI=1S/C9H17NO5.Mg.2H/c1-9(2,5-11)7(14)8(15)10-4-3-6(12)13;;;/h7,11,14H,3-5H2,1-2H3,(H,10,15)(H,12,13);;;/q;+2;2*-1/t7-;;;/m0.../s1. The quantitative estimate of drug-likeness (QED) is 0.440. The smallest absolute Gasteiger partial charge is 1.00 e. The normalized spacial score (nSPS) is 12.5. The molecule has 4 N–H and O–H groups in total. The molecule has 0 saturated carbocycles. The van der Waals surface area contributed by atoms with Crippen molar-refractivity contribution in [2.75, 3.05) is 13.2 Å². The second-order valence-corrected chi connectivity index (χ2v) is 3.98. The van der Waals surface area contributed by atoms with Crippen molar-refractivity contribution in [3.63, 3.8) is 0 Å². The maximum atomic E-state index is 11.3. The summed E-state index contributed by atoms with van der Waals surface area (Å²) in [5.41, 5.74) is -0.937. The number of aliphatic carboxylic acids is 1. The molecule has 0 fully saturated rings. The molecule has 0 rings (SSSR count). The van der Waals surface area contributed by atoms with E-state index in [1.54, 1.807) is 0 Å². The fourth-order valence-corrected chi connectivity index (χ4v) is 0.831. The van der Waals surface area contributed by atoms with Crippen LogP contribution in [0.25, 0.3) is 0 Å². The Labute approximate surface area is 113 Å². The molecular formula is C9H19MgNO5. The van der Waals surface area contributed by atoms with Gasteiger partial charge in [-0.25, -0.2) is 0 Å². The number of carbonyl (C=O) groups is 2. The Morgan fingerprint density at radius 2 is 1.94 bits per heavy atom. The van der Waals surface area contributed by atoms with Crippen LogP contribution < -0.4 is 5.32 Å². The number of carboxylic acids is 1. The monoisotopic (exact) mass is 245 g/mol. The minimum atomic E-state index is -1.35. The maximum absolute atomic E-state index is 11.3. The molecule has 16 heavy (non-hydrogen) atoms. The van der Waals surface area contributed by atoms with Gasteiger partial charge in [0.05, 0.1) is 13.0 Å². The van der Waals surface area contributed by atoms with Crippen molar-refractivity contribution < 1.29 is 27.8 Å². The molecule has 0 aromatic carbocycles. The zero-order valence-electron chi connectivity index (χ0n) is 11.6. The summed E-state index contributed by atoms with van der Waals surface area (Å²) in [6, 6.07) is 0. The van der Waals surface area contributed by atoms with Gasteiger partial charge in [0.25, 0.3) is 0 Å². The predicted octanol–water partition coefficient (Wildman–Crippen LogP) is -1.20. The second kappa shape index (κ2) is 7.83. The Morgan fingerprint density at radius 3 is 2.31 bits per heavy atom. The van der Waals surface area contributed by atoms with E-state index in [0.717, 1.165) is 0 Å². The van der Waals surface area contributed by atoms with Gasteiger partial charge in [-0.15, -0.1) is 0 Å². The third kappa shape index (κ3) is 6.26. The van der Waals surface area contributed by atoms with Crippen LogP contribution in [0, 0.1) is 5.41 Å². The summed E-state index contributed by atoms with van der Waals surface area (Å²) in [4.78, 5) is 21.4. The van der Waals surface area contributed by atoms with Crippen LogP contribution in [0.3, 0.4) is 0 Å². The number of rotatable bonds is 6. The summed E-state index contributed by atoms with van der Waals surface area (Å²) in [5, 5.41) is 29.0. The van der Waals surface area contributed by atoms with E-state index in [1.807, 2.05) is 0 Å². The van der Waals surface area contributed by atoms with Gasteiger partial charge >= 0.3 is 29.0 Å². The predicted molar refractivity (Wildman–Crippen MR) is 60.1 cm³/mol. The first kappa shape index (κ1) is 18.0. The Hall–Kier alpha value is -0.374. The number of carbonyl (C=O) groups excluding carboxylic acids is 1. The third-order valence-corrected chi connectivity index (χ3v) is 2.03. The molecule has 0 radical (unpaired) electrons. The zero-order valence-corrected chi connectivity index (χ0v) is 11.0. The van der Waals surface area contributed by atoms with E-state index in [2.05, 4.69) is 5.32 Å². The van der Waals surface area contributed by atoms with Crippen LogP contribution in [-0.4, -0.2) is 69.5 Å². The van der Waals surface area contributed by atoms with Gasteiger partial charge in [0.15, 0.2) is 0 Å². The molecule has 0 aromatic rings. The van der Waals surface area contributed by atoms with Crippen molar-refractivity contribution in [1.29, 1.82) is 0 Å². The van der Waals surface area contributed by atoms with Crippen LogP contribution in [0.2, 0.25) is 0 Å². The number of amides is 1. The first-order valence-electron chi connectivity index (χ1n) is 4.59. The number of hydrogen-bond acceptors (Lipinski definition) is 4. The van der Waals surface area contributed by atoms with Crippen molar-refractivity contribution in [1.82, 2.24) is 5.32 Å². The van der Waals surface area contributed by atoms with E-state index < -0.39 is 23.4 Å². The number of hydrogen-bond donors (Lipinski definition) is 4. The van der Waals surface area contributed by atoms with Crippen LogP contribution in [0.4, 0.5) is 0 Å². The average molecular weight is 246 g/mol. The Morgan fingerprint density at radius 1 is 1.44 bits per heavy atom. The summed E-state index contributed by atoms with van der Waals surface area (Å²) in [5.74, 6) is -1.69. The van der Waals surface area contributed by atoms with Gasteiger partial charge in [0.2, 0.25) is 5.91 Å². The van der Waals surface area contributed by atoms with E-state index in [4.69, 9.17) is 10.2 Å². The summed E-state index contributed by atoms with van der Waals surface area (Å²) in [6.45, 7) is 2.70. The molecule has 0 unspecified atom stereocenters. The summed E-state index contributed by atoms with van der Waals surface area (Å²) in [6.07, 6.45) is -1.55. The minimum absolute atomic E-state index is 0. The minimum Gasteiger partial charge on any atom is -1.00 e. The Kier molecular flexibility index (Phi) is 8.81. The van der Waals surface area contributed by atoms with Crippen molar-refractivity contribution >= 4 is 34.9 Å². The zero-order chi connectivity index (χ0) is 12.1. The topological polar surface area (TPSA) is 107 Å². The van der Waals surface area contributed by atoms with E-state index in [0.29, 0.717) is 0 Å². The molecule has 0 aliphatic carbocycles. The average Bonchev–Trinajstić information content (AvgIpc) is 2.15. The fourth-order valence-electron chi connectivity index (χ4n) is 0.831. The molecule has 0 aromatic heterocycles. The van der Waals surface area contributed by atoms with Crippen molar-refractivity contribution in [3.05, 3.63) is 0 Å². The molecule has 0 saturated heterocycles. The molecule has 0 heterocycles. The van der Waals surface area contributed by atoms with Crippen molar-refractivity contribution in [2.45, 2.75) is 26.4 Å². The molecular weight excluding hydrogens is 226 g/mol.